The van der Waals surface area contributed by atoms with E-state index in [2.05, 4.69) is 28.7 Å². The number of hydrogen-bond donors (Lipinski definition) is 2. The minimum Gasteiger partial charge on any atom is -0.382 e. The summed E-state index contributed by atoms with van der Waals surface area (Å²) in [6, 6.07) is 10.9. The number of anilines is 2. The Morgan fingerprint density at radius 3 is 2.57 bits per heavy atom. The van der Waals surface area contributed by atoms with Gasteiger partial charge >= 0.3 is 0 Å². The van der Waals surface area contributed by atoms with E-state index in [0.29, 0.717) is 11.9 Å². The van der Waals surface area contributed by atoms with E-state index in [-0.39, 0.29) is 0 Å². The smallest absolute Gasteiger partial charge is 0.147 e. The Bertz CT molecular complexity index is 571. The highest BCUT2D eigenvalue weighted by Gasteiger charge is 2.22. The quantitative estimate of drug-likeness (QED) is 0.855. The lowest BCUT2D eigenvalue weighted by atomic mass is 9.84. The van der Waals surface area contributed by atoms with Gasteiger partial charge in [0.1, 0.15) is 10.8 Å². The van der Waals surface area contributed by atoms with Crippen molar-refractivity contribution in [2.24, 2.45) is 5.92 Å². The highest BCUT2D eigenvalue weighted by Crippen LogP contribution is 2.38. The maximum absolute atomic E-state index is 6.08. The van der Waals surface area contributed by atoms with Crippen molar-refractivity contribution in [2.45, 2.75) is 45.1 Å². The highest BCUT2D eigenvalue weighted by molar-refractivity contribution is 7.11. The summed E-state index contributed by atoms with van der Waals surface area (Å²) in [5.74, 6) is 1.55. The molecule has 1 aromatic heterocycles. The van der Waals surface area contributed by atoms with Crippen LogP contribution in [0, 0.1) is 5.92 Å². The number of nitrogens with one attached hydrogen (secondary N) is 1. The molecule has 0 atom stereocenters. The third-order valence-corrected chi connectivity index (χ3v) is 5.33. The summed E-state index contributed by atoms with van der Waals surface area (Å²) in [7, 11) is 0. The van der Waals surface area contributed by atoms with Crippen molar-refractivity contribution in [1.29, 1.82) is 0 Å². The SMILES string of the molecule is CCC1CCC(Nc2snc(N)c2-c2ccccc2)CC1. The van der Waals surface area contributed by atoms with E-state index in [1.54, 1.807) is 0 Å². The molecule has 1 aliphatic carbocycles. The van der Waals surface area contributed by atoms with Gasteiger partial charge in [-0.2, -0.15) is 4.37 Å². The number of benzene rings is 1. The van der Waals surface area contributed by atoms with Crippen LogP contribution < -0.4 is 11.1 Å². The Kier molecular flexibility index (Phi) is 4.44. The summed E-state index contributed by atoms with van der Waals surface area (Å²) in [5, 5.41) is 4.81. The second-order valence-electron chi connectivity index (χ2n) is 5.91. The van der Waals surface area contributed by atoms with Gasteiger partial charge in [-0.25, -0.2) is 0 Å². The van der Waals surface area contributed by atoms with Crippen LogP contribution in [-0.4, -0.2) is 10.4 Å². The van der Waals surface area contributed by atoms with Gasteiger partial charge in [0.15, 0.2) is 0 Å². The van der Waals surface area contributed by atoms with Crippen molar-refractivity contribution in [3.05, 3.63) is 30.3 Å². The first-order valence-corrected chi connectivity index (χ1v) is 8.62. The molecule has 1 saturated carbocycles. The van der Waals surface area contributed by atoms with Gasteiger partial charge in [-0.05, 0) is 48.7 Å². The van der Waals surface area contributed by atoms with Crippen LogP contribution in [-0.2, 0) is 0 Å². The molecule has 21 heavy (non-hydrogen) atoms. The molecule has 0 saturated heterocycles. The summed E-state index contributed by atoms with van der Waals surface area (Å²) >= 11 is 1.49. The first-order valence-electron chi connectivity index (χ1n) is 7.85. The van der Waals surface area contributed by atoms with Crippen LogP contribution in [0.5, 0.6) is 0 Å². The van der Waals surface area contributed by atoms with E-state index in [4.69, 9.17) is 5.73 Å². The number of nitrogens with two attached hydrogens (primary N) is 1. The topological polar surface area (TPSA) is 50.9 Å². The Hall–Kier alpha value is -1.55. The van der Waals surface area contributed by atoms with Gasteiger partial charge in [0.25, 0.3) is 0 Å². The molecule has 3 nitrogen and oxygen atoms in total. The lowest BCUT2D eigenvalue weighted by Gasteiger charge is -2.28. The van der Waals surface area contributed by atoms with Gasteiger partial charge in [0.05, 0.1) is 5.56 Å². The minimum absolute atomic E-state index is 0.565. The van der Waals surface area contributed by atoms with Crippen molar-refractivity contribution in [3.63, 3.8) is 0 Å². The number of nitrogen functional groups attached to an aromatic ring is 1. The molecule has 3 rings (SSSR count). The van der Waals surface area contributed by atoms with E-state index in [1.807, 2.05) is 18.2 Å². The fraction of sp³-hybridized carbons (Fsp3) is 0.471. The molecule has 0 aliphatic heterocycles. The molecule has 0 amide bonds. The van der Waals surface area contributed by atoms with Crippen molar-refractivity contribution < 1.29 is 0 Å². The van der Waals surface area contributed by atoms with Crippen LogP contribution in [0.2, 0.25) is 0 Å². The fourth-order valence-electron chi connectivity index (χ4n) is 3.19. The van der Waals surface area contributed by atoms with Crippen molar-refractivity contribution in [2.75, 3.05) is 11.1 Å². The van der Waals surface area contributed by atoms with Crippen LogP contribution in [0.25, 0.3) is 11.1 Å². The van der Waals surface area contributed by atoms with E-state index in [0.717, 1.165) is 22.0 Å². The molecule has 1 heterocycles. The number of nitrogens with zero attached hydrogens (tertiary/aromatic N) is 1. The standard InChI is InChI=1S/C17H23N3S/c1-2-12-8-10-14(11-9-12)19-17-15(16(18)20-21-17)13-6-4-3-5-7-13/h3-7,12,14,19H,2,8-11H2,1H3,(H2,18,20). The molecule has 1 aliphatic rings. The number of rotatable bonds is 4. The Morgan fingerprint density at radius 2 is 1.90 bits per heavy atom. The Balaban J connectivity index is 1.75. The largest absolute Gasteiger partial charge is 0.382 e. The van der Waals surface area contributed by atoms with Crippen molar-refractivity contribution in [3.8, 4) is 11.1 Å². The van der Waals surface area contributed by atoms with E-state index >= 15 is 0 Å². The van der Waals surface area contributed by atoms with Gasteiger partial charge in [-0.1, -0.05) is 43.7 Å². The average molecular weight is 301 g/mol. The molecule has 0 bridgehead atoms. The van der Waals surface area contributed by atoms with Crippen molar-refractivity contribution >= 4 is 22.4 Å². The summed E-state index contributed by atoms with van der Waals surface area (Å²) in [6.45, 7) is 2.30. The molecule has 0 radical (unpaired) electrons. The molecule has 2 aromatic rings. The molecule has 0 unspecified atom stereocenters. The third-order valence-electron chi connectivity index (χ3n) is 4.54. The van der Waals surface area contributed by atoms with Gasteiger partial charge < -0.3 is 11.1 Å². The summed E-state index contributed by atoms with van der Waals surface area (Å²) < 4.78 is 4.35. The predicted molar refractivity (Wildman–Crippen MR) is 91.6 cm³/mol. The number of hydrogen-bond acceptors (Lipinski definition) is 4. The fourth-order valence-corrected chi connectivity index (χ4v) is 4.00. The Morgan fingerprint density at radius 1 is 1.19 bits per heavy atom. The van der Waals surface area contributed by atoms with Gasteiger partial charge in [0.2, 0.25) is 0 Å². The second kappa shape index (κ2) is 6.48. The maximum atomic E-state index is 6.08. The summed E-state index contributed by atoms with van der Waals surface area (Å²) in [4.78, 5) is 0. The van der Waals surface area contributed by atoms with Crippen molar-refractivity contribution in [1.82, 2.24) is 4.37 Å². The zero-order chi connectivity index (χ0) is 14.7. The molecule has 112 valence electrons. The summed E-state index contributed by atoms with van der Waals surface area (Å²) in [5.41, 5.74) is 8.30. The van der Waals surface area contributed by atoms with E-state index in [9.17, 15) is 0 Å². The normalized spacial score (nSPS) is 22.1. The predicted octanol–water partition coefficient (Wildman–Crippen LogP) is 4.77. The zero-order valence-electron chi connectivity index (χ0n) is 12.5. The average Bonchev–Trinajstić information content (AvgIpc) is 2.89. The van der Waals surface area contributed by atoms with E-state index in [1.165, 1.54) is 43.6 Å². The van der Waals surface area contributed by atoms with Gasteiger partial charge in [-0.15, -0.1) is 0 Å². The van der Waals surface area contributed by atoms with Gasteiger partial charge in [-0.3, -0.25) is 0 Å². The molecule has 0 spiro atoms. The van der Waals surface area contributed by atoms with Crippen LogP contribution in [0.4, 0.5) is 10.8 Å². The monoisotopic (exact) mass is 301 g/mol. The van der Waals surface area contributed by atoms with Crippen LogP contribution >= 0.6 is 11.5 Å². The lowest BCUT2D eigenvalue weighted by molar-refractivity contribution is 0.330. The minimum atomic E-state index is 0.565. The Labute approximate surface area is 130 Å². The first kappa shape index (κ1) is 14.4. The molecule has 3 N–H and O–H groups in total. The highest BCUT2D eigenvalue weighted by atomic mass is 32.1. The van der Waals surface area contributed by atoms with Crippen LogP contribution in [0.15, 0.2) is 30.3 Å². The molecular formula is C17H23N3S. The van der Waals surface area contributed by atoms with Crippen LogP contribution in [0.1, 0.15) is 39.0 Å². The maximum Gasteiger partial charge on any atom is 0.147 e. The summed E-state index contributed by atoms with van der Waals surface area (Å²) in [6.07, 6.45) is 6.50. The van der Waals surface area contributed by atoms with E-state index < -0.39 is 0 Å². The second-order valence-corrected chi connectivity index (χ2v) is 6.68. The molecular weight excluding hydrogens is 278 g/mol. The lowest BCUT2D eigenvalue weighted by Crippen LogP contribution is -2.25. The molecule has 1 fully saturated rings. The van der Waals surface area contributed by atoms with Crippen LogP contribution in [0.3, 0.4) is 0 Å². The van der Waals surface area contributed by atoms with Gasteiger partial charge in [0, 0.05) is 6.04 Å². The third kappa shape index (κ3) is 3.21. The number of aromatic nitrogens is 1. The molecule has 4 heteroatoms. The molecule has 1 aromatic carbocycles. The zero-order valence-corrected chi connectivity index (χ0v) is 13.3. The first-order chi connectivity index (χ1) is 10.3.